The van der Waals surface area contributed by atoms with E-state index in [1.807, 2.05) is 60.7 Å². The third-order valence-electron chi connectivity index (χ3n) is 5.56. The van der Waals surface area contributed by atoms with Gasteiger partial charge in [-0.2, -0.15) is 0 Å². The van der Waals surface area contributed by atoms with E-state index < -0.39 is 12.1 Å². The predicted molar refractivity (Wildman–Crippen MR) is 108 cm³/mol. The van der Waals surface area contributed by atoms with E-state index in [4.69, 9.17) is 11.1 Å². The zero-order valence-electron chi connectivity index (χ0n) is 15.9. The molecule has 0 aromatic heterocycles. The maximum atomic E-state index is 12.5. The molecule has 4 atom stereocenters. The molecule has 0 N–H and O–H groups in total. The van der Waals surface area contributed by atoms with Gasteiger partial charge < -0.3 is 9.80 Å². The second-order valence-electron chi connectivity index (χ2n) is 7.07. The Kier molecular flexibility index (Phi) is 5.26. The summed E-state index contributed by atoms with van der Waals surface area (Å²) in [6.07, 6.45) is 0. The number of hydrogen-bond donors (Lipinski definition) is 0. The lowest BCUT2D eigenvalue weighted by Crippen LogP contribution is -2.63. The van der Waals surface area contributed by atoms with Gasteiger partial charge in [-0.25, -0.2) is 0 Å². The van der Waals surface area contributed by atoms with Crippen molar-refractivity contribution >= 4 is 11.8 Å². The second-order valence-corrected chi connectivity index (χ2v) is 7.07. The van der Waals surface area contributed by atoms with Crippen LogP contribution in [0.25, 0.3) is 20.9 Å². The van der Waals surface area contributed by atoms with E-state index in [0.29, 0.717) is 0 Å². The van der Waals surface area contributed by atoms with Crippen molar-refractivity contribution in [3.8, 4) is 0 Å². The number of azide groups is 2. The smallest absolute Gasteiger partial charge is 0.234 e. The number of amides is 2. The maximum absolute atomic E-state index is 12.5. The zero-order valence-corrected chi connectivity index (χ0v) is 15.9. The molecule has 0 unspecified atom stereocenters. The molecule has 30 heavy (non-hydrogen) atoms. The molecular formula is C20H18N8O2. The first-order chi connectivity index (χ1) is 14.7. The fraction of sp³-hybridized carbons (Fsp3) is 0.300. The number of nitrogens with zero attached hydrogens (tertiary/aromatic N) is 8. The molecule has 2 aliphatic heterocycles. The van der Waals surface area contributed by atoms with Crippen molar-refractivity contribution in [3.63, 3.8) is 0 Å². The molecule has 4 rings (SSSR count). The summed E-state index contributed by atoms with van der Waals surface area (Å²) in [5, 5.41) is 7.30. The minimum absolute atomic E-state index is 0.266. The monoisotopic (exact) mass is 402 g/mol. The summed E-state index contributed by atoms with van der Waals surface area (Å²) in [5.74, 6) is -0.532. The van der Waals surface area contributed by atoms with Crippen LogP contribution in [0.15, 0.2) is 70.9 Å². The van der Waals surface area contributed by atoms with Crippen molar-refractivity contribution < 1.29 is 9.59 Å². The highest BCUT2D eigenvalue weighted by Gasteiger charge is 2.50. The first-order valence-electron chi connectivity index (χ1n) is 9.46. The lowest BCUT2D eigenvalue weighted by atomic mass is 9.87. The molecule has 2 heterocycles. The van der Waals surface area contributed by atoms with Gasteiger partial charge in [-0.15, -0.1) is 0 Å². The highest BCUT2D eigenvalue weighted by molar-refractivity contribution is 5.91. The van der Waals surface area contributed by atoms with Gasteiger partial charge in [-0.05, 0) is 22.2 Å². The molecule has 0 radical (unpaired) electrons. The van der Waals surface area contributed by atoms with Crippen molar-refractivity contribution in [2.24, 2.45) is 10.2 Å². The molecule has 0 bridgehead atoms. The van der Waals surface area contributed by atoms with Gasteiger partial charge in [0, 0.05) is 22.9 Å². The van der Waals surface area contributed by atoms with Crippen LogP contribution in [0.5, 0.6) is 0 Å². The van der Waals surface area contributed by atoms with Crippen molar-refractivity contribution in [3.05, 3.63) is 92.7 Å². The number of benzene rings is 2. The number of carbonyl (C=O) groups is 2. The molecule has 2 aromatic carbocycles. The van der Waals surface area contributed by atoms with Crippen molar-refractivity contribution in [1.82, 2.24) is 9.80 Å². The van der Waals surface area contributed by atoms with Crippen LogP contribution in [-0.4, -0.2) is 46.8 Å². The van der Waals surface area contributed by atoms with Gasteiger partial charge in [0.25, 0.3) is 0 Å². The molecule has 0 saturated carbocycles. The van der Waals surface area contributed by atoms with Gasteiger partial charge in [0.05, 0.1) is 12.1 Å². The van der Waals surface area contributed by atoms with E-state index in [0.717, 1.165) is 11.1 Å². The standard InChI is InChI=1S/C20H18N8O2/c21-25-23-15-17(13-7-3-1-4-8-13)27(19(15)29)11-12-28-18(14-9-5-2-6-10-14)16(20(28)30)24-26-22/h1-10,15-18H,11-12H2/t15-,16-,17+,18+/m0/s1. The molecule has 150 valence electrons. The summed E-state index contributed by atoms with van der Waals surface area (Å²) >= 11 is 0. The molecule has 2 amide bonds. The van der Waals surface area contributed by atoms with Crippen LogP contribution in [0.4, 0.5) is 0 Å². The number of hydrogen-bond acceptors (Lipinski definition) is 4. The molecule has 2 aromatic rings. The number of carbonyl (C=O) groups excluding carboxylic acids is 2. The molecule has 10 heteroatoms. The SMILES string of the molecule is [N-]=[N+]=N[C@@H]1C(=O)N(CCN2C(=O)[C@@H](N=[N+]=[N-])[C@H]2c2ccccc2)[C@@H]1c1ccccc1. The van der Waals surface area contributed by atoms with E-state index in [2.05, 4.69) is 20.1 Å². The Morgan fingerprint density at radius 3 is 1.40 bits per heavy atom. The van der Waals surface area contributed by atoms with Crippen LogP contribution >= 0.6 is 0 Å². The van der Waals surface area contributed by atoms with Crippen molar-refractivity contribution in [2.75, 3.05) is 13.1 Å². The lowest BCUT2D eigenvalue weighted by molar-refractivity contribution is -0.156. The molecule has 10 nitrogen and oxygen atoms in total. The summed E-state index contributed by atoms with van der Waals surface area (Å²) in [5.41, 5.74) is 19.4. The van der Waals surface area contributed by atoms with Gasteiger partial charge in [0.2, 0.25) is 11.8 Å². The largest absolute Gasteiger partial charge is 0.332 e. The van der Waals surface area contributed by atoms with Crippen LogP contribution in [0.1, 0.15) is 23.2 Å². The summed E-state index contributed by atoms with van der Waals surface area (Å²) < 4.78 is 0. The predicted octanol–water partition coefficient (Wildman–Crippen LogP) is 3.51. The van der Waals surface area contributed by atoms with Crippen molar-refractivity contribution in [2.45, 2.75) is 24.2 Å². The van der Waals surface area contributed by atoms with E-state index in [1.54, 1.807) is 9.80 Å². The van der Waals surface area contributed by atoms with E-state index in [1.165, 1.54) is 0 Å². The van der Waals surface area contributed by atoms with Crippen LogP contribution in [0.2, 0.25) is 0 Å². The minimum atomic E-state index is -0.787. The molecule has 2 fully saturated rings. The number of rotatable bonds is 7. The topological polar surface area (TPSA) is 138 Å². The molecule has 0 spiro atoms. The van der Waals surface area contributed by atoms with E-state index in [9.17, 15) is 9.59 Å². The first-order valence-corrected chi connectivity index (χ1v) is 9.46. The Hall–Kier alpha value is -4.00. The average Bonchev–Trinajstić information content (AvgIpc) is 2.79. The Balaban J connectivity index is 1.52. The third kappa shape index (κ3) is 3.20. The van der Waals surface area contributed by atoms with E-state index in [-0.39, 0.29) is 37.0 Å². The minimum Gasteiger partial charge on any atom is -0.332 e. The van der Waals surface area contributed by atoms with Gasteiger partial charge in [0.15, 0.2) is 0 Å². The van der Waals surface area contributed by atoms with Crippen LogP contribution in [-0.2, 0) is 9.59 Å². The highest BCUT2D eigenvalue weighted by Crippen LogP contribution is 2.40. The van der Waals surface area contributed by atoms with Gasteiger partial charge in [0.1, 0.15) is 12.1 Å². The Bertz CT molecular complexity index is 961. The Morgan fingerprint density at radius 2 is 1.07 bits per heavy atom. The summed E-state index contributed by atoms with van der Waals surface area (Å²) in [7, 11) is 0. The summed E-state index contributed by atoms with van der Waals surface area (Å²) in [6.45, 7) is 0.571. The van der Waals surface area contributed by atoms with Gasteiger partial charge in [-0.3, -0.25) is 9.59 Å². The number of β-lactam (4-membered cyclic amide) rings is 2. The molecule has 2 saturated heterocycles. The fourth-order valence-corrected chi connectivity index (χ4v) is 4.14. The van der Waals surface area contributed by atoms with Crippen LogP contribution in [0, 0.1) is 0 Å². The van der Waals surface area contributed by atoms with Gasteiger partial charge in [-0.1, -0.05) is 70.9 Å². The number of likely N-dealkylation sites (tertiary alicyclic amines) is 2. The normalized spacial score (nSPS) is 24.9. The quantitative estimate of drug-likeness (QED) is 0.303. The van der Waals surface area contributed by atoms with Crippen molar-refractivity contribution in [1.29, 1.82) is 0 Å². The lowest BCUT2D eigenvalue weighted by Gasteiger charge is -2.49. The van der Waals surface area contributed by atoms with E-state index >= 15 is 0 Å². The zero-order chi connectivity index (χ0) is 21.1. The Labute approximate surface area is 172 Å². The molecule has 0 aliphatic carbocycles. The summed E-state index contributed by atoms with van der Waals surface area (Å²) in [6, 6.07) is 16.4. The molecular weight excluding hydrogens is 384 g/mol. The fourth-order valence-electron chi connectivity index (χ4n) is 4.14. The van der Waals surface area contributed by atoms with Crippen LogP contribution < -0.4 is 0 Å². The average molecular weight is 402 g/mol. The van der Waals surface area contributed by atoms with Crippen LogP contribution in [0.3, 0.4) is 0 Å². The summed E-state index contributed by atoms with van der Waals surface area (Å²) in [4.78, 5) is 33.9. The third-order valence-corrected chi connectivity index (χ3v) is 5.56. The Morgan fingerprint density at radius 1 is 0.700 bits per heavy atom. The first kappa shape index (κ1) is 19.3. The maximum Gasteiger partial charge on any atom is 0.234 e. The second kappa shape index (κ2) is 8.16. The molecule has 2 aliphatic rings. The van der Waals surface area contributed by atoms with Gasteiger partial charge >= 0.3 is 0 Å². The highest BCUT2D eigenvalue weighted by atomic mass is 16.2.